The van der Waals surface area contributed by atoms with Crippen LogP contribution in [-0.2, 0) is 0 Å². The van der Waals surface area contributed by atoms with Crippen molar-refractivity contribution in [2.45, 2.75) is 19.0 Å². The third-order valence-corrected chi connectivity index (χ3v) is 4.90. The first-order chi connectivity index (χ1) is 12.5. The molecule has 1 aliphatic heterocycles. The van der Waals surface area contributed by atoms with Crippen molar-refractivity contribution in [1.29, 1.82) is 0 Å². The molecular formula is C19H16ClN3O2S. The van der Waals surface area contributed by atoms with Crippen molar-refractivity contribution >= 4 is 34.6 Å². The molecule has 1 aliphatic rings. The number of halogens is 1. The molecule has 2 N–H and O–H groups in total. The average Bonchev–Trinajstić information content (AvgIpc) is 3.21. The molecule has 4 rings (SSSR count). The van der Waals surface area contributed by atoms with Gasteiger partial charge in [-0.2, -0.15) is 0 Å². The van der Waals surface area contributed by atoms with E-state index in [-0.39, 0.29) is 17.8 Å². The van der Waals surface area contributed by atoms with E-state index in [2.05, 4.69) is 10.3 Å². The monoisotopic (exact) mass is 385 g/mol. The maximum Gasteiger partial charge on any atom is 0.174 e. The first-order valence-corrected chi connectivity index (χ1v) is 8.89. The van der Waals surface area contributed by atoms with Crippen LogP contribution in [0.15, 0.2) is 59.1 Å². The third-order valence-electron chi connectivity index (χ3n) is 4.35. The number of pyridine rings is 1. The lowest BCUT2D eigenvalue weighted by atomic mass is 10.0. The predicted molar refractivity (Wildman–Crippen MR) is 104 cm³/mol. The second kappa shape index (κ2) is 6.63. The topological polar surface area (TPSA) is 61.5 Å². The molecule has 3 aromatic rings. The molecule has 2 aromatic heterocycles. The van der Waals surface area contributed by atoms with Gasteiger partial charge in [-0.25, -0.2) is 0 Å². The fourth-order valence-corrected chi connectivity index (χ4v) is 3.71. The average molecular weight is 386 g/mol. The Labute approximate surface area is 161 Å². The highest BCUT2D eigenvalue weighted by molar-refractivity contribution is 7.80. The van der Waals surface area contributed by atoms with E-state index in [4.69, 9.17) is 28.2 Å². The van der Waals surface area contributed by atoms with Crippen molar-refractivity contribution in [1.82, 2.24) is 10.3 Å². The lowest BCUT2D eigenvalue weighted by molar-refractivity contribution is 0.415. The number of aromatic hydroxyl groups is 1. The maximum absolute atomic E-state index is 10.4. The summed E-state index contributed by atoms with van der Waals surface area (Å²) in [5, 5.41) is 14.7. The summed E-state index contributed by atoms with van der Waals surface area (Å²) in [5.74, 6) is 1.62. The van der Waals surface area contributed by atoms with Crippen molar-refractivity contribution in [3.05, 3.63) is 77.0 Å². The fourth-order valence-electron chi connectivity index (χ4n) is 3.21. The van der Waals surface area contributed by atoms with Crippen LogP contribution < -0.4 is 10.2 Å². The lowest BCUT2D eigenvalue weighted by Crippen LogP contribution is -2.29. The molecule has 0 spiro atoms. The van der Waals surface area contributed by atoms with Crippen LogP contribution in [0.25, 0.3) is 0 Å². The molecule has 132 valence electrons. The summed E-state index contributed by atoms with van der Waals surface area (Å²) in [5.41, 5.74) is 1.35. The molecular weight excluding hydrogens is 370 g/mol. The number of hydrogen-bond donors (Lipinski definition) is 2. The number of aromatic nitrogens is 1. The van der Waals surface area contributed by atoms with Gasteiger partial charge in [0.1, 0.15) is 23.3 Å². The molecule has 2 atom stereocenters. The Bertz CT molecular complexity index is 960. The Kier molecular flexibility index (Phi) is 4.30. The van der Waals surface area contributed by atoms with E-state index in [9.17, 15) is 5.11 Å². The Morgan fingerprint density at radius 3 is 2.77 bits per heavy atom. The van der Waals surface area contributed by atoms with Gasteiger partial charge in [-0.3, -0.25) is 4.98 Å². The van der Waals surface area contributed by atoms with Crippen LogP contribution >= 0.6 is 23.8 Å². The van der Waals surface area contributed by atoms with Crippen molar-refractivity contribution in [2.75, 3.05) is 4.90 Å². The number of hydrogen-bond acceptors (Lipinski definition) is 4. The van der Waals surface area contributed by atoms with Gasteiger partial charge in [-0.05, 0) is 61.6 Å². The highest BCUT2D eigenvalue weighted by Gasteiger charge is 2.43. The number of rotatable bonds is 3. The van der Waals surface area contributed by atoms with Crippen LogP contribution in [-0.4, -0.2) is 15.2 Å². The lowest BCUT2D eigenvalue weighted by Gasteiger charge is -2.26. The summed E-state index contributed by atoms with van der Waals surface area (Å²) in [7, 11) is 0. The Balaban J connectivity index is 1.86. The second-order valence-electron chi connectivity index (χ2n) is 6.08. The molecule has 0 saturated carbocycles. The molecule has 1 fully saturated rings. The standard InChI is InChI=1S/C19H16ClN3O2S/c1-11-5-8-16(25-11)18-17(13-4-2-3-9-21-13)22-19(26)23(18)14-10-12(20)6-7-15(14)24/h2-10,17-18,24H,1H3,(H,22,26)/t17-,18+/m1/s1. The van der Waals surface area contributed by atoms with E-state index < -0.39 is 0 Å². The maximum atomic E-state index is 10.4. The molecule has 5 nitrogen and oxygen atoms in total. The van der Waals surface area contributed by atoms with Gasteiger partial charge in [0, 0.05) is 11.2 Å². The van der Waals surface area contributed by atoms with Crippen LogP contribution in [0.5, 0.6) is 5.75 Å². The van der Waals surface area contributed by atoms with Crippen LogP contribution in [0.1, 0.15) is 29.3 Å². The van der Waals surface area contributed by atoms with E-state index in [1.807, 2.05) is 42.2 Å². The largest absolute Gasteiger partial charge is 0.506 e. The molecule has 0 unspecified atom stereocenters. The Morgan fingerprint density at radius 1 is 1.23 bits per heavy atom. The first-order valence-electron chi connectivity index (χ1n) is 8.10. The van der Waals surface area contributed by atoms with Crippen LogP contribution in [0.3, 0.4) is 0 Å². The highest BCUT2D eigenvalue weighted by atomic mass is 35.5. The Morgan fingerprint density at radius 2 is 2.08 bits per heavy atom. The zero-order chi connectivity index (χ0) is 18.3. The number of phenolic OH excluding ortho intramolecular Hbond substituents is 1. The summed E-state index contributed by atoms with van der Waals surface area (Å²) < 4.78 is 5.91. The summed E-state index contributed by atoms with van der Waals surface area (Å²) in [4.78, 5) is 6.29. The number of furan rings is 1. The van der Waals surface area contributed by atoms with Gasteiger partial charge in [0.2, 0.25) is 0 Å². The number of nitrogens with one attached hydrogen (secondary N) is 1. The van der Waals surface area contributed by atoms with E-state index in [0.717, 1.165) is 17.2 Å². The van der Waals surface area contributed by atoms with Crippen molar-refractivity contribution in [2.24, 2.45) is 0 Å². The molecule has 1 saturated heterocycles. The number of nitrogens with zero attached hydrogens (tertiary/aromatic N) is 2. The van der Waals surface area contributed by atoms with Crippen molar-refractivity contribution in [3.8, 4) is 5.75 Å². The normalized spacial score (nSPS) is 19.6. The first kappa shape index (κ1) is 16.9. The van der Waals surface area contributed by atoms with E-state index >= 15 is 0 Å². The minimum atomic E-state index is -0.310. The molecule has 1 aromatic carbocycles. The van der Waals surface area contributed by atoms with Gasteiger partial charge in [0.25, 0.3) is 0 Å². The van der Waals surface area contributed by atoms with Gasteiger partial charge in [0.05, 0.1) is 17.4 Å². The zero-order valence-corrected chi connectivity index (χ0v) is 15.5. The summed E-state index contributed by atoms with van der Waals surface area (Å²) in [6, 6.07) is 13.9. The Hall–Kier alpha value is -2.57. The van der Waals surface area contributed by atoms with Crippen molar-refractivity contribution < 1.29 is 9.52 Å². The minimum Gasteiger partial charge on any atom is -0.506 e. The van der Waals surface area contributed by atoms with Gasteiger partial charge in [0.15, 0.2) is 5.11 Å². The molecule has 0 bridgehead atoms. The highest BCUT2D eigenvalue weighted by Crippen LogP contribution is 2.45. The van der Waals surface area contributed by atoms with Crippen LogP contribution in [0.4, 0.5) is 5.69 Å². The summed E-state index contributed by atoms with van der Waals surface area (Å²) >= 11 is 11.7. The molecule has 0 radical (unpaired) electrons. The van der Waals surface area contributed by atoms with Crippen molar-refractivity contribution in [3.63, 3.8) is 0 Å². The minimum absolute atomic E-state index is 0.0912. The van der Waals surface area contributed by atoms with Gasteiger partial charge >= 0.3 is 0 Å². The fraction of sp³-hybridized carbons (Fsp3) is 0.158. The predicted octanol–water partition coefficient (Wildman–Crippen LogP) is 4.52. The number of anilines is 1. The number of aryl methyl sites for hydroxylation is 1. The smallest absolute Gasteiger partial charge is 0.174 e. The van der Waals surface area contributed by atoms with E-state index in [1.165, 1.54) is 0 Å². The second-order valence-corrected chi connectivity index (χ2v) is 6.90. The van der Waals surface area contributed by atoms with Gasteiger partial charge in [-0.1, -0.05) is 17.7 Å². The molecule has 0 aliphatic carbocycles. The molecule has 3 heterocycles. The van der Waals surface area contributed by atoms with Gasteiger partial charge in [-0.15, -0.1) is 0 Å². The van der Waals surface area contributed by atoms with Crippen LogP contribution in [0, 0.1) is 6.92 Å². The third kappa shape index (κ3) is 2.91. The molecule has 26 heavy (non-hydrogen) atoms. The summed E-state index contributed by atoms with van der Waals surface area (Å²) in [6.07, 6.45) is 1.74. The number of phenols is 1. The van der Waals surface area contributed by atoms with E-state index in [0.29, 0.717) is 15.8 Å². The van der Waals surface area contributed by atoms with Gasteiger partial charge < -0.3 is 19.7 Å². The summed E-state index contributed by atoms with van der Waals surface area (Å²) in [6.45, 7) is 1.89. The molecule has 7 heteroatoms. The number of benzene rings is 1. The quantitative estimate of drug-likeness (QED) is 0.646. The van der Waals surface area contributed by atoms with E-state index in [1.54, 1.807) is 24.4 Å². The SMILES string of the molecule is Cc1ccc([C@H]2[C@@H](c3ccccn3)NC(=S)N2c2cc(Cl)ccc2O)o1. The van der Waals surface area contributed by atoms with Crippen LogP contribution in [0.2, 0.25) is 5.02 Å². The zero-order valence-electron chi connectivity index (χ0n) is 13.9. The molecule has 0 amide bonds. The number of thiocarbonyl (C=S) groups is 1.